The molecule has 6 nitrogen and oxygen atoms in total. The molecule has 0 spiro atoms. The van der Waals surface area contributed by atoms with Gasteiger partial charge < -0.3 is 10.1 Å². The highest BCUT2D eigenvalue weighted by Gasteiger charge is 2.34. The molecule has 0 radical (unpaired) electrons. The van der Waals surface area contributed by atoms with E-state index in [1.54, 1.807) is 17.8 Å². The molecule has 3 atom stereocenters. The summed E-state index contributed by atoms with van der Waals surface area (Å²) in [7, 11) is -3.91. The van der Waals surface area contributed by atoms with Gasteiger partial charge in [0.05, 0.1) is 23.3 Å². The number of halogens is 2. The normalized spacial score (nSPS) is 24.1. The summed E-state index contributed by atoms with van der Waals surface area (Å²) in [4.78, 5) is 13.8. The van der Waals surface area contributed by atoms with Crippen LogP contribution in [0.2, 0.25) is 5.02 Å². The molecular formula is C22H24ClFN2O4S2. The van der Waals surface area contributed by atoms with Crippen molar-refractivity contribution in [2.75, 3.05) is 18.8 Å². The quantitative estimate of drug-likeness (QED) is 0.682. The fourth-order valence-electron chi connectivity index (χ4n) is 4.07. The molecule has 172 valence electrons. The van der Waals surface area contributed by atoms with Gasteiger partial charge in [-0.25, -0.2) is 12.8 Å². The SMILES string of the molecule is C[C@@H]1CN(S(=O)(=O)c2cc(C(=O)N[C@H]3CCSc4ccc(F)cc43)ccc2Cl)C[C@@H](C)O1. The van der Waals surface area contributed by atoms with E-state index in [-0.39, 0.29) is 52.6 Å². The molecular weight excluding hydrogens is 475 g/mol. The standard InChI is InChI=1S/C22H24ClFN2O4S2/c1-13-11-26(12-14(2)30-13)32(28,29)21-9-15(3-5-18(21)23)22(27)25-19-7-8-31-20-6-4-16(24)10-17(19)20/h3-6,9-10,13-14,19H,7-8,11-12H2,1-2H3,(H,25,27)/t13-,14-,19+/m1/s1. The van der Waals surface area contributed by atoms with Gasteiger partial charge in [-0.1, -0.05) is 11.6 Å². The fraction of sp³-hybridized carbons (Fsp3) is 0.409. The van der Waals surface area contributed by atoms with Gasteiger partial charge in [0.2, 0.25) is 10.0 Å². The minimum Gasteiger partial charge on any atom is -0.373 e. The van der Waals surface area contributed by atoms with Gasteiger partial charge in [-0.3, -0.25) is 4.79 Å². The number of hydrogen-bond acceptors (Lipinski definition) is 5. The Morgan fingerprint density at radius 3 is 2.62 bits per heavy atom. The van der Waals surface area contributed by atoms with Crippen molar-refractivity contribution in [2.24, 2.45) is 0 Å². The van der Waals surface area contributed by atoms with Gasteiger partial charge in [-0.15, -0.1) is 11.8 Å². The number of fused-ring (bicyclic) bond motifs is 1. The van der Waals surface area contributed by atoms with E-state index in [0.29, 0.717) is 6.42 Å². The lowest BCUT2D eigenvalue weighted by molar-refractivity contribution is -0.0440. The fourth-order valence-corrected chi connectivity index (χ4v) is 7.26. The van der Waals surface area contributed by atoms with E-state index in [1.165, 1.54) is 34.6 Å². The van der Waals surface area contributed by atoms with Gasteiger partial charge in [0.1, 0.15) is 10.7 Å². The molecule has 0 unspecified atom stereocenters. The molecule has 32 heavy (non-hydrogen) atoms. The summed E-state index contributed by atoms with van der Waals surface area (Å²) in [5.74, 6) is -0.00897. The molecule has 10 heteroatoms. The predicted molar refractivity (Wildman–Crippen MR) is 122 cm³/mol. The first-order valence-corrected chi connectivity index (χ1v) is 13.1. The third-order valence-corrected chi connectivity index (χ3v) is 8.95. The number of morpholine rings is 1. The number of sulfonamides is 1. The summed E-state index contributed by atoms with van der Waals surface area (Å²) in [6, 6.07) is 8.41. The summed E-state index contributed by atoms with van der Waals surface area (Å²) in [5.41, 5.74) is 0.909. The van der Waals surface area contributed by atoms with Crippen molar-refractivity contribution in [3.8, 4) is 0 Å². The molecule has 2 aromatic rings. The van der Waals surface area contributed by atoms with Crippen LogP contribution >= 0.6 is 23.4 Å². The van der Waals surface area contributed by atoms with Crippen molar-refractivity contribution < 1.29 is 22.3 Å². The van der Waals surface area contributed by atoms with Gasteiger partial charge in [0.15, 0.2) is 0 Å². The van der Waals surface area contributed by atoms with Crippen LogP contribution in [0.15, 0.2) is 46.2 Å². The average Bonchev–Trinajstić information content (AvgIpc) is 2.73. The first-order valence-electron chi connectivity index (χ1n) is 10.3. The monoisotopic (exact) mass is 498 g/mol. The average molecular weight is 499 g/mol. The summed E-state index contributed by atoms with van der Waals surface area (Å²) in [5, 5.41) is 2.97. The van der Waals surface area contributed by atoms with Crippen molar-refractivity contribution in [3.05, 3.63) is 58.4 Å². The number of nitrogens with one attached hydrogen (secondary N) is 1. The van der Waals surface area contributed by atoms with Crippen LogP contribution < -0.4 is 5.32 Å². The van der Waals surface area contributed by atoms with E-state index in [9.17, 15) is 17.6 Å². The van der Waals surface area contributed by atoms with Crippen molar-refractivity contribution >= 4 is 39.3 Å². The molecule has 2 aromatic carbocycles. The maximum Gasteiger partial charge on any atom is 0.251 e. The Balaban J connectivity index is 1.59. The van der Waals surface area contributed by atoms with Gasteiger partial charge in [0, 0.05) is 29.3 Å². The summed E-state index contributed by atoms with van der Waals surface area (Å²) in [6.07, 6.45) is 0.154. The number of hydrogen-bond donors (Lipinski definition) is 1. The highest BCUT2D eigenvalue weighted by atomic mass is 35.5. The molecule has 1 fully saturated rings. The van der Waals surface area contributed by atoms with E-state index in [1.807, 2.05) is 13.8 Å². The predicted octanol–water partition coefficient (Wildman–Crippen LogP) is 4.24. The molecule has 1 amide bonds. The highest BCUT2D eigenvalue weighted by Crippen LogP contribution is 2.37. The van der Waals surface area contributed by atoms with Crippen LogP contribution in [0.3, 0.4) is 0 Å². The molecule has 2 aliphatic heterocycles. The second-order valence-electron chi connectivity index (χ2n) is 8.07. The first kappa shape index (κ1) is 23.5. The van der Waals surface area contributed by atoms with E-state index in [0.717, 1.165) is 16.2 Å². The number of thioether (sulfide) groups is 1. The Morgan fingerprint density at radius 2 is 1.91 bits per heavy atom. The van der Waals surface area contributed by atoms with Crippen molar-refractivity contribution in [3.63, 3.8) is 0 Å². The van der Waals surface area contributed by atoms with Crippen LogP contribution in [-0.2, 0) is 14.8 Å². The van der Waals surface area contributed by atoms with E-state index in [2.05, 4.69) is 5.32 Å². The lowest BCUT2D eigenvalue weighted by atomic mass is 10.0. The van der Waals surface area contributed by atoms with Crippen LogP contribution in [-0.4, -0.2) is 49.7 Å². The first-order chi connectivity index (χ1) is 15.1. The van der Waals surface area contributed by atoms with Gasteiger partial charge >= 0.3 is 0 Å². The summed E-state index contributed by atoms with van der Waals surface area (Å²) in [6.45, 7) is 4.04. The largest absolute Gasteiger partial charge is 0.373 e. The summed E-state index contributed by atoms with van der Waals surface area (Å²) < 4.78 is 47.3. The number of carbonyl (C=O) groups excluding carboxylic acids is 1. The Hall–Kier alpha value is -1.65. The highest BCUT2D eigenvalue weighted by molar-refractivity contribution is 7.99. The van der Waals surface area contributed by atoms with Gasteiger partial charge in [-0.05, 0) is 62.2 Å². The van der Waals surface area contributed by atoms with Gasteiger partial charge in [-0.2, -0.15) is 4.31 Å². The maximum atomic E-state index is 13.8. The number of rotatable bonds is 4. The van der Waals surface area contributed by atoms with E-state index >= 15 is 0 Å². The van der Waals surface area contributed by atoms with Crippen LogP contribution in [0.1, 0.15) is 42.2 Å². The van der Waals surface area contributed by atoms with Crippen LogP contribution in [0.4, 0.5) is 4.39 Å². The molecule has 0 aliphatic carbocycles. The molecule has 2 aliphatic rings. The lowest BCUT2D eigenvalue weighted by Gasteiger charge is -2.34. The molecule has 1 saturated heterocycles. The third-order valence-electron chi connectivity index (χ3n) is 5.51. The van der Waals surface area contributed by atoms with E-state index < -0.39 is 15.9 Å². The minimum absolute atomic E-state index is 0.0508. The minimum atomic E-state index is -3.91. The number of nitrogens with zero attached hydrogens (tertiary/aromatic N) is 1. The Labute approximate surface area is 196 Å². The Kier molecular flexibility index (Phi) is 6.84. The third kappa shape index (κ3) is 4.82. The number of benzene rings is 2. The lowest BCUT2D eigenvalue weighted by Crippen LogP contribution is -2.48. The molecule has 2 heterocycles. The summed E-state index contributed by atoms with van der Waals surface area (Å²) >= 11 is 7.86. The zero-order chi connectivity index (χ0) is 23.0. The van der Waals surface area contributed by atoms with Gasteiger partial charge in [0.25, 0.3) is 5.91 Å². The maximum absolute atomic E-state index is 13.8. The van der Waals surface area contributed by atoms with Crippen molar-refractivity contribution in [1.29, 1.82) is 0 Å². The van der Waals surface area contributed by atoms with Crippen LogP contribution in [0.25, 0.3) is 0 Å². The van der Waals surface area contributed by atoms with Crippen LogP contribution in [0.5, 0.6) is 0 Å². The Bertz CT molecular complexity index is 1130. The van der Waals surface area contributed by atoms with Crippen molar-refractivity contribution in [1.82, 2.24) is 9.62 Å². The number of carbonyl (C=O) groups is 1. The molecule has 0 aromatic heterocycles. The smallest absolute Gasteiger partial charge is 0.251 e. The zero-order valence-electron chi connectivity index (χ0n) is 17.7. The second kappa shape index (κ2) is 9.30. The van der Waals surface area contributed by atoms with Crippen LogP contribution in [0, 0.1) is 5.82 Å². The molecule has 0 bridgehead atoms. The van der Waals surface area contributed by atoms with E-state index in [4.69, 9.17) is 16.3 Å². The second-order valence-corrected chi connectivity index (χ2v) is 11.5. The zero-order valence-corrected chi connectivity index (χ0v) is 20.1. The number of ether oxygens (including phenoxy) is 1. The Morgan fingerprint density at radius 1 is 1.19 bits per heavy atom. The topological polar surface area (TPSA) is 75.7 Å². The molecule has 1 N–H and O–H groups in total. The number of amides is 1. The molecule has 4 rings (SSSR count). The molecule has 0 saturated carbocycles. The van der Waals surface area contributed by atoms with Crippen molar-refractivity contribution in [2.45, 2.75) is 48.3 Å².